The first-order valence-corrected chi connectivity index (χ1v) is 6.99. The summed E-state index contributed by atoms with van der Waals surface area (Å²) in [4.78, 5) is 12.3. The predicted molar refractivity (Wildman–Crippen MR) is 74.8 cm³/mol. The summed E-state index contributed by atoms with van der Waals surface area (Å²) < 4.78 is 0. The Morgan fingerprint density at radius 2 is 2.06 bits per heavy atom. The maximum absolute atomic E-state index is 12.0. The van der Waals surface area contributed by atoms with Crippen LogP contribution in [-0.4, -0.2) is 17.4 Å². The molecule has 1 fully saturated rings. The fourth-order valence-corrected chi connectivity index (χ4v) is 2.57. The molecule has 1 rings (SSSR count). The zero-order valence-corrected chi connectivity index (χ0v) is 11.7. The van der Waals surface area contributed by atoms with Crippen molar-refractivity contribution in [2.75, 3.05) is 6.54 Å². The quantitative estimate of drug-likeness (QED) is 0.717. The van der Waals surface area contributed by atoms with Crippen LogP contribution >= 0.6 is 12.2 Å². The second kappa shape index (κ2) is 6.34. The maximum Gasteiger partial charge on any atom is 0.232 e. The molecule has 1 aliphatic carbocycles. The number of hydrogen-bond acceptors (Lipinski definition) is 2. The third-order valence-corrected chi connectivity index (χ3v) is 4.52. The van der Waals surface area contributed by atoms with Crippen LogP contribution in [0.4, 0.5) is 0 Å². The maximum atomic E-state index is 12.0. The molecule has 17 heavy (non-hydrogen) atoms. The van der Waals surface area contributed by atoms with Gasteiger partial charge in [-0.25, -0.2) is 0 Å². The number of thiocarbonyl (C=S) groups is 1. The average molecular weight is 256 g/mol. The summed E-state index contributed by atoms with van der Waals surface area (Å²) in [6, 6.07) is 0. The normalized spacial score (nSPS) is 19.9. The summed E-state index contributed by atoms with van der Waals surface area (Å²) in [7, 11) is 0. The summed E-state index contributed by atoms with van der Waals surface area (Å²) in [6.45, 7) is 4.51. The lowest BCUT2D eigenvalue weighted by Gasteiger charge is -2.25. The van der Waals surface area contributed by atoms with Crippen molar-refractivity contribution in [1.29, 1.82) is 0 Å². The molecule has 1 saturated carbocycles. The van der Waals surface area contributed by atoms with Crippen molar-refractivity contribution in [2.45, 2.75) is 52.4 Å². The topological polar surface area (TPSA) is 55.1 Å². The van der Waals surface area contributed by atoms with E-state index < -0.39 is 5.41 Å². The summed E-state index contributed by atoms with van der Waals surface area (Å²) >= 11 is 4.98. The molecule has 98 valence electrons. The van der Waals surface area contributed by atoms with Crippen LogP contribution in [0.1, 0.15) is 52.4 Å². The molecular weight excluding hydrogens is 232 g/mol. The van der Waals surface area contributed by atoms with Gasteiger partial charge in [-0.15, -0.1) is 0 Å². The molecule has 3 N–H and O–H groups in total. The highest BCUT2D eigenvalue weighted by atomic mass is 32.1. The molecule has 0 saturated heterocycles. The van der Waals surface area contributed by atoms with Crippen molar-refractivity contribution >= 4 is 23.1 Å². The fraction of sp³-hybridized carbons (Fsp3) is 0.846. The van der Waals surface area contributed by atoms with Gasteiger partial charge in [0.25, 0.3) is 0 Å². The first-order chi connectivity index (χ1) is 8.00. The van der Waals surface area contributed by atoms with Crippen LogP contribution in [0.25, 0.3) is 0 Å². The Kier molecular flexibility index (Phi) is 5.37. The molecule has 0 spiro atoms. The number of amides is 1. The molecule has 4 heteroatoms. The van der Waals surface area contributed by atoms with E-state index >= 15 is 0 Å². The second-order valence-electron chi connectivity index (χ2n) is 5.24. The lowest BCUT2D eigenvalue weighted by atomic mass is 9.86. The number of carbonyl (C=O) groups is 1. The van der Waals surface area contributed by atoms with E-state index in [0.717, 1.165) is 18.9 Å². The second-order valence-corrected chi connectivity index (χ2v) is 5.68. The predicted octanol–water partition coefficient (Wildman–Crippen LogP) is 2.39. The molecule has 0 aromatic heterocycles. The molecule has 1 amide bonds. The minimum absolute atomic E-state index is 0.0227. The largest absolute Gasteiger partial charge is 0.392 e. The van der Waals surface area contributed by atoms with Gasteiger partial charge in [-0.3, -0.25) is 4.79 Å². The van der Waals surface area contributed by atoms with Gasteiger partial charge < -0.3 is 11.1 Å². The molecule has 1 unspecified atom stereocenters. The van der Waals surface area contributed by atoms with E-state index in [2.05, 4.69) is 5.32 Å². The molecule has 0 aliphatic heterocycles. The Bertz CT molecular complexity index is 287. The number of rotatable bonds is 6. The minimum atomic E-state index is -0.689. The molecule has 0 bridgehead atoms. The van der Waals surface area contributed by atoms with Gasteiger partial charge in [0.2, 0.25) is 5.91 Å². The van der Waals surface area contributed by atoms with Gasteiger partial charge in [-0.2, -0.15) is 0 Å². The first kappa shape index (κ1) is 14.4. The van der Waals surface area contributed by atoms with Crippen molar-refractivity contribution in [3.63, 3.8) is 0 Å². The third-order valence-electron chi connectivity index (χ3n) is 4.06. The van der Waals surface area contributed by atoms with Gasteiger partial charge in [0, 0.05) is 6.54 Å². The van der Waals surface area contributed by atoms with Crippen LogP contribution in [0.15, 0.2) is 0 Å². The van der Waals surface area contributed by atoms with Crippen LogP contribution in [0.3, 0.4) is 0 Å². The lowest BCUT2D eigenvalue weighted by molar-refractivity contribution is -0.127. The van der Waals surface area contributed by atoms with Crippen molar-refractivity contribution in [3.05, 3.63) is 0 Å². The number of nitrogens with two attached hydrogens (primary N) is 1. The monoisotopic (exact) mass is 256 g/mol. The van der Waals surface area contributed by atoms with Crippen molar-refractivity contribution < 1.29 is 4.79 Å². The molecular formula is C13H24N2OS. The Morgan fingerprint density at radius 3 is 2.53 bits per heavy atom. The molecule has 1 atom stereocenters. The summed E-state index contributed by atoms with van der Waals surface area (Å²) in [5, 5.41) is 2.98. The summed E-state index contributed by atoms with van der Waals surface area (Å²) in [5.74, 6) is 0.776. The van der Waals surface area contributed by atoms with Gasteiger partial charge in [0.05, 0.1) is 10.4 Å². The Morgan fingerprint density at radius 1 is 1.47 bits per heavy atom. The Labute approximate surface area is 110 Å². The van der Waals surface area contributed by atoms with Crippen LogP contribution in [-0.2, 0) is 4.79 Å². The van der Waals surface area contributed by atoms with Crippen LogP contribution in [0, 0.1) is 11.3 Å². The highest BCUT2D eigenvalue weighted by Gasteiger charge is 2.34. The van der Waals surface area contributed by atoms with E-state index in [1.807, 2.05) is 13.8 Å². The van der Waals surface area contributed by atoms with Crippen molar-refractivity contribution in [3.8, 4) is 0 Å². The minimum Gasteiger partial charge on any atom is -0.392 e. The Balaban J connectivity index is 2.34. The van der Waals surface area contributed by atoms with Crippen LogP contribution < -0.4 is 11.1 Å². The summed E-state index contributed by atoms with van der Waals surface area (Å²) in [6.07, 6.45) is 7.06. The fourth-order valence-electron chi connectivity index (χ4n) is 2.33. The van der Waals surface area contributed by atoms with E-state index in [4.69, 9.17) is 18.0 Å². The SMILES string of the molecule is CCC(C)(C(=O)NCCC1CCCC1)C(N)=S. The Hall–Kier alpha value is -0.640. The van der Waals surface area contributed by atoms with E-state index in [1.165, 1.54) is 25.7 Å². The molecule has 0 aromatic carbocycles. The van der Waals surface area contributed by atoms with Gasteiger partial charge in [0.1, 0.15) is 0 Å². The molecule has 0 aromatic rings. The summed E-state index contributed by atoms with van der Waals surface area (Å²) in [5.41, 5.74) is 4.96. The van der Waals surface area contributed by atoms with E-state index in [-0.39, 0.29) is 5.91 Å². The van der Waals surface area contributed by atoms with Crippen LogP contribution in [0.2, 0.25) is 0 Å². The third kappa shape index (κ3) is 3.66. The highest BCUT2D eigenvalue weighted by molar-refractivity contribution is 7.80. The number of carbonyl (C=O) groups excluding carboxylic acids is 1. The first-order valence-electron chi connectivity index (χ1n) is 6.59. The van der Waals surface area contributed by atoms with Gasteiger partial charge in [-0.1, -0.05) is 44.8 Å². The van der Waals surface area contributed by atoms with Crippen molar-refractivity contribution in [2.24, 2.45) is 17.1 Å². The smallest absolute Gasteiger partial charge is 0.232 e. The standard InChI is InChI=1S/C13H24N2OS/c1-3-13(2,11(14)17)12(16)15-9-8-10-6-4-5-7-10/h10H,3-9H2,1-2H3,(H2,14,17)(H,15,16). The molecule has 0 radical (unpaired) electrons. The van der Waals surface area contributed by atoms with Gasteiger partial charge in [-0.05, 0) is 25.7 Å². The molecule has 3 nitrogen and oxygen atoms in total. The van der Waals surface area contributed by atoms with Gasteiger partial charge >= 0.3 is 0 Å². The van der Waals surface area contributed by atoms with Crippen molar-refractivity contribution in [1.82, 2.24) is 5.32 Å². The number of hydrogen-bond donors (Lipinski definition) is 2. The van der Waals surface area contributed by atoms with E-state index in [1.54, 1.807) is 0 Å². The van der Waals surface area contributed by atoms with Gasteiger partial charge in [0.15, 0.2) is 0 Å². The highest BCUT2D eigenvalue weighted by Crippen LogP contribution is 2.27. The van der Waals surface area contributed by atoms with Crippen LogP contribution in [0.5, 0.6) is 0 Å². The van der Waals surface area contributed by atoms with E-state index in [0.29, 0.717) is 11.4 Å². The molecule has 1 aliphatic rings. The zero-order valence-electron chi connectivity index (χ0n) is 10.9. The zero-order chi connectivity index (χ0) is 12.9. The lowest BCUT2D eigenvalue weighted by Crippen LogP contribution is -2.46. The average Bonchev–Trinajstić information content (AvgIpc) is 2.80. The van der Waals surface area contributed by atoms with E-state index in [9.17, 15) is 4.79 Å². The molecule has 0 heterocycles. The number of nitrogens with one attached hydrogen (secondary N) is 1.